The quantitative estimate of drug-likeness (QED) is 0.594. The number of pyridine rings is 2. The van der Waals surface area contributed by atoms with Gasteiger partial charge in [0.05, 0.1) is 17.9 Å². The second-order valence-electron chi connectivity index (χ2n) is 6.28. The molecule has 4 nitrogen and oxygen atoms in total. The van der Waals surface area contributed by atoms with Crippen molar-refractivity contribution < 1.29 is 0 Å². The fourth-order valence-electron chi connectivity index (χ4n) is 2.95. The Hall–Kier alpha value is -3.14. The van der Waals surface area contributed by atoms with Crippen LogP contribution in [0.1, 0.15) is 16.8 Å². The van der Waals surface area contributed by atoms with Gasteiger partial charge in [0, 0.05) is 18.0 Å². The van der Waals surface area contributed by atoms with Crippen molar-refractivity contribution in [3.05, 3.63) is 83.8 Å². The summed E-state index contributed by atoms with van der Waals surface area (Å²) in [5.74, 6) is 0.861. The van der Waals surface area contributed by atoms with Crippen molar-refractivity contribution in [2.24, 2.45) is 0 Å². The topological polar surface area (TPSA) is 42.2 Å². The van der Waals surface area contributed by atoms with Crippen molar-refractivity contribution in [3.63, 3.8) is 0 Å². The Morgan fingerprint density at radius 3 is 2.48 bits per heavy atom. The second kappa shape index (κ2) is 6.40. The van der Waals surface area contributed by atoms with Gasteiger partial charge in [0.15, 0.2) is 0 Å². The van der Waals surface area contributed by atoms with Crippen molar-refractivity contribution >= 4 is 11.5 Å². The molecule has 1 N–H and O–H groups in total. The van der Waals surface area contributed by atoms with E-state index >= 15 is 0 Å². The first-order valence-corrected chi connectivity index (χ1v) is 8.40. The third kappa shape index (κ3) is 3.11. The van der Waals surface area contributed by atoms with E-state index in [4.69, 9.17) is 4.98 Å². The zero-order valence-corrected chi connectivity index (χ0v) is 14.4. The average Bonchev–Trinajstić information content (AvgIpc) is 2.99. The fraction of sp³-hybridized carbons (Fsp3) is 0.143. The molecule has 4 aromatic rings. The van der Waals surface area contributed by atoms with Gasteiger partial charge >= 0.3 is 0 Å². The lowest BCUT2D eigenvalue weighted by molar-refractivity contribution is 0.989. The second-order valence-corrected chi connectivity index (χ2v) is 6.28. The molecule has 0 unspecified atom stereocenters. The fourth-order valence-corrected chi connectivity index (χ4v) is 2.95. The van der Waals surface area contributed by atoms with E-state index in [1.807, 2.05) is 18.2 Å². The summed E-state index contributed by atoms with van der Waals surface area (Å²) in [6, 6.07) is 18.5. The van der Waals surface area contributed by atoms with Crippen molar-refractivity contribution in [1.82, 2.24) is 14.4 Å². The first-order valence-electron chi connectivity index (χ1n) is 8.40. The van der Waals surface area contributed by atoms with Gasteiger partial charge in [0.2, 0.25) is 0 Å². The van der Waals surface area contributed by atoms with Gasteiger partial charge in [0.1, 0.15) is 11.5 Å². The lowest BCUT2D eigenvalue weighted by atomic mass is 10.1. The molecule has 3 heterocycles. The number of anilines is 1. The highest BCUT2D eigenvalue weighted by Gasteiger charge is 2.14. The molecule has 4 heteroatoms. The molecule has 0 saturated heterocycles. The van der Waals surface area contributed by atoms with Crippen LogP contribution in [0.15, 0.2) is 67.0 Å². The lowest BCUT2D eigenvalue weighted by Crippen LogP contribution is -2.05. The summed E-state index contributed by atoms with van der Waals surface area (Å²) in [7, 11) is 0. The summed E-state index contributed by atoms with van der Waals surface area (Å²) < 4.78 is 2.17. The number of imidazole rings is 1. The standard InChI is InChI=1S/C21H20N4/c1-15-6-9-17(10-7-15)21-18(13-23-19-5-3-4-12-22-19)25-14-16(2)8-11-20(25)24-21/h3-12,14H,13H2,1-2H3,(H,22,23). The molecule has 0 aliphatic carbocycles. The monoisotopic (exact) mass is 328 g/mol. The van der Waals surface area contributed by atoms with Crippen LogP contribution in [0.4, 0.5) is 5.82 Å². The highest BCUT2D eigenvalue weighted by molar-refractivity contribution is 5.67. The molecule has 0 atom stereocenters. The molecule has 0 radical (unpaired) electrons. The molecule has 0 aliphatic rings. The van der Waals surface area contributed by atoms with E-state index in [1.54, 1.807) is 6.20 Å². The SMILES string of the molecule is Cc1ccc(-c2nc3ccc(C)cn3c2CNc2ccccn2)cc1. The predicted octanol–water partition coefficient (Wildman–Crippen LogP) is 4.63. The highest BCUT2D eigenvalue weighted by Crippen LogP contribution is 2.26. The molecule has 0 aliphatic heterocycles. The number of benzene rings is 1. The summed E-state index contributed by atoms with van der Waals surface area (Å²) in [5.41, 5.74) is 6.68. The maximum atomic E-state index is 4.87. The first kappa shape index (κ1) is 15.4. The Balaban J connectivity index is 1.79. The van der Waals surface area contributed by atoms with Crippen molar-refractivity contribution in [2.75, 3.05) is 5.32 Å². The van der Waals surface area contributed by atoms with Gasteiger partial charge in [-0.05, 0) is 37.6 Å². The Morgan fingerprint density at radius 1 is 0.920 bits per heavy atom. The molecule has 0 bridgehead atoms. The molecule has 0 spiro atoms. The van der Waals surface area contributed by atoms with Crippen molar-refractivity contribution in [3.8, 4) is 11.3 Å². The molecule has 4 rings (SSSR count). The first-order chi connectivity index (χ1) is 12.2. The minimum Gasteiger partial charge on any atom is -0.364 e. The van der Waals surface area contributed by atoms with Crippen LogP contribution in [-0.2, 0) is 6.54 Å². The van der Waals surface area contributed by atoms with Gasteiger partial charge in [-0.15, -0.1) is 0 Å². The molecule has 0 amide bonds. The van der Waals surface area contributed by atoms with Gasteiger partial charge in [-0.25, -0.2) is 9.97 Å². The van der Waals surface area contributed by atoms with Gasteiger partial charge in [0.25, 0.3) is 0 Å². The molecular weight excluding hydrogens is 308 g/mol. The van der Waals surface area contributed by atoms with Crippen LogP contribution in [0.5, 0.6) is 0 Å². The van der Waals surface area contributed by atoms with Crippen LogP contribution in [0, 0.1) is 13.8 Å². The third-order valence-corrected chi connectivity index (χ3v) is 4.29. The van der Waals surface area contributed by atoms with E-state index in [1.165, 1.54) is 11.1 Å². The molecule has 25 heavy (non-hydrogen) atoms. The van der Waals surface area contributed by atoms with E-state index < -0.39 is 0 Å². The van der Waals surface area contributed by atoms with E-state index in [9.17, 15) is 0 Å². The van der Waals surface area contributed by atoms with Crippen molar-refractivity contribution in [1.29, 1.82) is 0 Å². The Morgan fingerprint density at radius 2 is 1.72 bits per heavy atom. The molecular formula is C21H20N4. The molecule has 3 aromatic heterocycles. The molecule has 124 valence electrons. The maximum Gasteiger partial charge on any atom is 0.137 e. The number of fused-ring (bicyclic) bond motifs is 1. The largest absolute Gasteiger partial charge is 0.364 e. The molecule has 0 fully saturated rings. The molecule has 0 saturated carbocycles. The number of nitrogens with zero attached hydrogens (tertiary/aromatic N) is 3. The third-order valence-electron chi connectivity index (χ3n) is 4.29. The molecule has 1 aromatic carbocycles. The summed E-state index contributed by atoms with van der Waals surface area (Å²) >= 11 is 0. The number of aryl methyl sites for hydroxylation is 2. The number of rotatable bonds is 4. The van der Waals surface area contributed by atoms with Crippen LogP contribution in [0.25, 0.3) is 16.9 Å². The zero-order chi connectivity index (χ0) is 17.2. The average molecular weight is 328 g/mol. The number of hydrogen-bond donors (Lipinski definition) is 1. The van der Waals surface area contributed by atoms with Crippen LogP contribution >= 0.6 is 0 Å². The minimum atomic E-state index is 0.658. The normalized spacial score (nSPS) is 11.0. The summed E-state index contributed by atoms with van der Waals surface area (Å²) in [6.45, 7) is 4.85. The van der Waals surface area contributed by atoms with Gasteiger partial charge in [-0.3, -0.25) is 0 Å². The van der Waals surface area contributed by atoms with Crippen LogP contribution in [0.3, 0.4) is 0 Å². The predicted molar refractivity (Wildman–Crippen MR) is 102 cm³/mol. The van der Waals surface area contributed by atoms with E-state index in [0.29, 0.717) is 6.54 Å². The Kier molecular flexibility index (Phi) is 3.94. The van der Waals surface area contributed by atoms with Crippen LogP contribution < -0.4 is 5.32 Å². The summed E-state index contributed by atoms with van der Waals surface area (Å²) in [6.07, 6.45) is 3.93. The smallest absolute Gasteiger partial charge is 0.137 e. The number of nitrogens with one attached hydrogen (secondary N) is 1. The van der Waals surface area contributed by atoms with Crippen LogP contribution in [-0.4, -0.2) is 14.4 Å². The number of hydrogen-bond acceptors (Lipinski definition) is 3. The van der Waals surface area contributed by atoms with Gasteiger partial charge < -0.3 is 9.72 Å². The Bertz CT molecular complexity index is 1000. The van der Waals surface area contributed by atoms with E-state index in [2.05, 4.69) is 71.1 Å². The zero-order valence-electron chi connectivity index (χ0n) is 14.4. The Labute approximate surface area is 147 Å². The van der Waals surface area contributed by atoms with E-state index in [0.717, 1.165) is 28.4 Å². The minimum absolute atomic E-state index is 0.658. The highest BCUT2D eigenvalue weighted by atomic mass is 15.1. The summed E-state index contributed by atoms with van der Waals surface area (Å²) in [4.78, 5) is 9.22. The maximum absolute atomic E-state index is 4.87. The van der Waals surface area contributed by atoms with Gasteiger partial charge in [-0.2, -0.15) is 0 Å². The lowest BCUT2D eigenvalue weighted by Gasteiger charge is -2.08. The van der Waals surface area contributed by atoms with Gasteiger partial charge in [-0.1, -0.05) is 42.0 Å². The van der Waals surface area contributed by atoms with E-state index in [-0.39, 0.29) is 0 Å². The van der Waals surface area contributed by atoms with Crippen LogP contribution in [0.2, 0.25) is 0 Å². The number of aromatic nitrogens is 3. The van der Waals surface area contributed by atoms with Crippen molar-refractivity contribution in [2.45, 2.75) is 20.4 Å². The summed E-state index contributed by atoms with van der Waals surface area (Å²) in [5, 5.41) is 3.41.